The van der Waals surface area contributed by atoms with Crippen molar-refractivity contribution in [3.63, 3.8) is 0 Å². The molecule has 3 N–H and O–H groups in total. The van der Waals surface area contributed by atoms with Crippen LogP contribution in [0.5, 0.6) is 11.5 Å². The summed E-state index contributed by atoms with van der Waals surface area (Å²) in [5, 5.41) is 8.68. The summed E-state index contributed by atoms with van der Waals surface area (Å²) in [7, 11) is 3.06. The molecule has 4 aromatic carbocycles. The maximum absolute atomic E-state index is 13.5. The summed E-state index contributed by atoms with van der Waals surface area (Å²) in [4.78, 5) is 40.1. The van der Waals surface area contributed by atoms with Gasteiger partial charge in [0.25, 0.3) is 11.8 Å². The highest BCUT2D eigenvalue weighted by molar-refractivity contribution is 8.00. The van der Waals surface area contributed by atoms with E-state index in [1.54, 1.807) is 86.0 Å². The van der Waals surface area contributed by atoms with Gasteiger partial charge < -0.3 is 25.4 Å². The quantitative estimate of drug-likeness (QED) is 0.120. The van der Waals surface area contributed by atoms with E-state index in [2.05, 4.69) is 16.0 Å². The molecule has 0 aromatic heterocycles. The van der Waals surface area contributed by atoms with Crippen LogP contribution in [0.3, 0.4) is 0 Å². The predicted octanol–water partition coefficient (Wildman–Crippen LogP) is 7.19. The number of nitrogens with one attached hydrogen (secondary N) is 3. The lowest BCUT2D eigenvalue weighted by Gasteiger charge is -2.15. The van der Waals surface area contributed by atoms with Crippen LogP contribution in [0.2, 0.25) is 5.02 Å². The van der Waals surface area contributed by atoms with Gasteiger partial charge >= 0.3 is 0 Å². The number of carbonyl (C=O) groups is 3. The van der Waals surface area contributed by atoms with Gasteiger partial charge in [-0.3, -0.25) is 14.4 Å². The van der Waals surface area contributed by atoms with E-state index in [0.717, 1.165) is 10.5 Å². The van der Waals surface area contributed by atoms with Crippen LogP contribution in [-0.4, -0.2) is 37.2 Å². The van der Waals surface area contributed by atoms with Crippen molar-refractivity contribution in [3.05, 3.63) is 118 Å². The zero-order valence-corrected chi connectivity index (χ0v) is 26.2. The van der Waals surface area contributed by atoms with Crippen molar-refractivity contribution in [1.82, 2.24) is 5.32 Å². The second-order valence-electron chi connectivity index (χ2n) is 9.63. The number of anilines is 2. The van der Waals surface area contributed by atoms with E-state index in [0.29, 0.717) is 39.0 Å². The summed E-state index contributed by atoms with van der Waals surface area (Å²) in [5.41, 5.74) is 2.97. The number of amides is 3. The van der Waals surface area contributed by atoms with Gasteiger partial charge in [0.1, 0.15) is 17.2 Å². The molecule has 0 aliphatic heterocycles. The number of halogens is 1. The minimum Gasteiger partial charge on any atom is -0.497 e. The third-order valence-electron chi connectivity index (χ3n) is 6.59. The molecule has 44 heavy (non-hydrogen) atoms. The molecule has 0 bridgehead atoms. The minimum absolute atomic E-state index is 0.0161. The number of rotatable bonds is 11. The summed E-state index contributed by atoms with van der Waals surface area (Å²) in [5.74, 6) is -0.0735. The molecule has 226 valence electrons. The summed E-state index contributed by atoms with van der Waals surface area (Å²) in [6.07, 6.45) is 1.54. The first-order chi connectivity index (χ1) is 21.2. The van der Waals surface area contributed by atoms with Crippen LogP contribution in [0, 0.1) is 6.92 Å². The largest absolute Gasteiger partial charge is 0.497 e. The number of hydrogen-bond donors (Lipinski definition) is 3. The molecule has 0 aliphatic carbocycles. The maximum atomic E-state index is 13.5. The Hall–Kier alpha value is -4.73. The fourth-order valence-corrected chi connectivity index (χ4v) is 5.13. The molecular formula is C34H32ClN3O5S. The molecule has 0 spiro atoms. The average molecular weight is 630 g/mol. The second kappa shape index (κ2) is 15.1. The summed E-state index contributed by atoms with van der Waals surface area (Å²) in [6.45, 7) is 3.67. The van der Waals surface area contributed by atoms with E-state index in [-0.39, 0.29) is 11.6 Å². The summed E-state index contributed by atoms with van der Waals surface area (Å²) >= 11 is 7.55. The lowest BCUT2D eigenvalue weighted by molar-refractivity contribution is -0.115. The van der Waals surface area contributed by atoms with E-state index >= 15 is 0 Å². The zero-order chi connectivity index (χ0) is 31.6. The SMILES string of the molecule is COc1ccc(/C=C(\NC(=O)c2ccccc2)C(=O)Nc2ccc(SC(C)C(=O)Nc3cccc(Cl)c3C)cc2)c(OC)c1. The Balaban J connectivity index is 1.48. The molecular weight excluding hydrogens is 598 g/mol. The van der Waals surface area contributed by atoms with Crippen LogP contribution in [0.15, 0.2) is 102 Å². The lowest BCUT2D eigenvalue weighted by atomic mass is 10.1. The third kappa shape index (κ3) is 8.43. The molecule has 0 heterocycles. The Morgan fingerprint density at radius 3 is 2.27 bits per heavy atom. The minimum atomic E-state index is -0.530. The predicted molar refractivity (Wildman–Crippen MR) is 177 cm³/mol. The van der Waals surface area contributed by atoms with Crippen molar-refractivity contribution < 1.29 is 23.9 Å². The molecule has 0 radical (unpaired) electrons. The molecule has 0 saturated heterocycles. The first-order valence-corrected chi connectivity index (χ1v) is 14.9. The number of methoxy groups -OCH3 is 2. The lowest BCUT2D eigenvalue weighted by Crippen LogP contribution is -2.30. The van der Waals surface area contributed by atoms with Gasteiger partial charge in [-0.25, -0.2) is 0 Å². The molecule has 4 aromatic rings. The van der Waals surface area contributed by atoms with Crippen molar-refractivity contribution in [2.75, 3.05) is 24.9 Å². The summed E-state index contributed by atoms with van der Waals surface area (Å²) < 4.78 is 10.7. The topological polar surface area (TPSA) is 106 Å². The van der Waals surface area contributed by atoms with Gasteiger partial charge in [-0.2, -0.15) is 0 Å². The molecule has 10 heteroatoms. The molecule has 0 saturated carbocycles. The first-order valence-electron chi connectivity index (χ1n) is 13.6. The maximum Gasteiger partial charge on any atom is 0.272 e. The van der Waals surface area contributed by atoms with Crippen molar-refractivity contribution in [2.45, 2.75) is 24.0 Å². The van der Waals surface area contributed by atoms with Crippen molar-refractivity contribution >= 4 is 58.5 Å². The molecule has 0 fully saturated rings. The van der Waals surface area contributed by atoms with Gasteiger partial charge in [-0.15, -0.1) is 11.8 Å². The van der Waals surface area contributed by atoms with Crippen LogP contribution in [0.4, 0.5) is 11.4 Å². The van der Waals surface area contributed by atoms with Crippen LogP contribution in [0.1, 0.15) is 28.4 Å². The first kappa shape index (κ1) is 32.2. The highest BCUT2D eigenvalue weighted by Crippen LogP contribution is 2.29. The Bertz CT molecular complexity index is 1680. The molecule has 0 aliphatic rings. The molecule has 1 atom stereocenters. The summed E-state index contributed by atoms with van der Waals surface area (Å²) in [6, 6.07) is 26.2. The smallest absolute Gasteiger partial charge is 0.272 e. The Morgan fingerprint density at radius 2 is 1.59 bits per heavy atom. The monoisotopic (exact) mass is 629 g/mol. The van der Waals surface area contributed by atoms with Crippen LogP contribution in [0.25, 0.3) is 6.08 Å². The number of benzene rings is 4. The third-order valence-corrected chi connectivity index (χ3v) is 8.11. The van der Waals surface area contributed by atoms with Crippen molar-refractivity contribution in [1.29, 1.82) is 0 Å². The van der Waals surface area contributed by atoms with Gasteiger partial charge in [0.05, 0.1) is 19.5 Å². The van der Waals surface area contributed by atoms with Gasteiger partial charge in [0.2, 0.25) is 5.91 Å². The Kier molecular flexibility index (Phi) is 11.1. The number of hydrogen-bond acceptors (Lipinski definition) is 6. The highest BCUT2D eigenvalue weighted by Gasteiger charge is 2.18. The Labute approximate surface area is 265 Å². The molecule has 1 unspecified atom stereocenters. The Morgan fingerprint density at radius 1 is 0.864 bits per heavy atom. The van der Waals surface area contributed by atoms with Gasteiger partial charge in [0.15, 0.2) is 0 Å². The van der Waals surface area contributed by atoms with E-state index in [1.807, 2.05) is 32.0 Å². The number of carbonyl (C=O) groups excluding carboxylic acids is 3. The number of thioether (sulfide) groups is 1. The van der Waals surface area contributed by atoms with Gasteiger partial charge in [-0.05, 0) is 86.2 Å². The fourth-order valence-electron chi connectivity index (χ4n) is 4.09. The van der Waals surface area contributed by atoms with E-state index in [1.165, 1.54) is 18.9 Å². The number of ether oxygens (including phenoxy) is 2. The van der Waals surface area contributed by atoms with Gasteiger partial charge in [0, 0.05) is 38.5 Å². The highest BCUT2D eigenvalue weighted by atomic mass is 35.5. The molecule has 8 nitrogen and oxygen atoms in total. The van der Waals surface area contributed by atoms with Crippen molar-refractivity contribution in [2.24, 2.45) is 0 Å². The second-order valence-corrected chi connectivity index (χ2v) is 11.4. The van der Waals surface area contributed by atoms with Crippen molar-refractivity contribution in [3.8, 4) is 11.5 Å². The van der Waals surface area contributed by atoms with Crippen LogP contribution < -0.4 is 25.4 Å². The normalized spacial score (nSPS) is 11.7. The van der Waals surface area contributed by atoms with Crippen LogP contribution >= 0.6 is 23.4 Å². The fraction of sp³-hybridized carbons (Fsp3) is 0.147. The van der Waals surface area contributed by atoms with Crippen LogP contribution in [-0.2, 0) is 9.59 Å². The zero-order valence-electron chi connectivity index (χ0n) is 24.6. The van der Waals surface area contributed by atoms with E-state index in [9.17, 15) is 14.4 Å². The average Bonchev–Trinajstić information content (AvgIpc) is 3.04. The molecule has 4 rings (SSSR count). The van der Waals surface area contributed by atoms with E-state index in [4.69, 9.17) is 21.1 Å². The standard InChI is InChI=1S/C34H32ClN3O5S/c1-21-28(35)11-8-12-29(21)37-32(39)22(2)44-27-17-14-25(15-18-27)36-34(41)30(38-33(40)23-9-6-5-7-10-23)19-24-13-16-26(42-3)20-31(24)43-4/h5-20,22H,1-4H3,(H,36,41)(H,37,39)(H,38,40)/b30-19-. The molecule has 3 amide bonds. The van der Waals surface area contributed by atoms with Gasteiger partial charge in [-0.1, -0.05) is 35.9 Å². The van der Waals surface area contributed by atoms with E-state index < -0.39 is 17.1 Å².